The molecule has 0 aliphatic heterocycles. The van der Waals surface area contributed by atoms with Gasteiger partial charge in [0.1, 0.15) is 5.75 Å². The summed E-state index contributed by atoms with van der Waals surface area (Å²) in [7, 11) is 0.151. The van der Waals surface area contributed by atoms with E-state index in [0.29, 0.717) is 10.5 Å². The van der Waals surface area contributed by atoms with E-state index in [9.17, 15) is 10.0 Å². The number of fused-ring (bicyclic) bond motifs is 3. The van der Waals surface area contributed by atoms with Gasteiger partial charge in [-0.15, -0.1) is 0 Å². The molecule has 2 N–H and O–H groups in total. The van der Waals surface area contributed by atoms with Crippen molar-refractivity contribution in [1.29, 1.82) is 0 Å². The second-order valence-corrected chi connectivity index (χ2v) is 6.59. The molecule has 0 fully saturated rings. The highest BCUT2D eigenvalue weighted by molar-refractivity contribution is 6.58. The van der Waals surface area contributed by atoms with Crippen LogP contribution in [0.3, 0.4) is 0 Å². The Hall–Kier alpha value is -2.27. The van der Waals surface area contributed by atoms with Gasteiger partial charge in [-0.05, 0) is 57.5 Å². The first kappa shape index (κ1) is 16.2. The molecule has 124 valence electrons. The SMILES string of the molecule is COc1ccc(C2c3cc(Cl)ccc3-c3ccc(B(O)O)cc32)cc1. The summed E-state index contributed by atoms with van der Waals surface area (Å²) in [5.41, 5.74) is 5.98. The van der Waals surface area contributed by atoms with E-state index in [-0.39, 0.29) is 5.92 Å². The minimum absolute atomic E-state index is 0.00620. The van der Waals surface area contributed by atoms with Crippen molar-refractivity contribution in [3.05, 3.63) is 82.4 Å². The van der Waals surface area contributed by atoms with Crippen LogP contribution in [-0.4, -0.2) is 24.3 Å². The van der Waals surface area contributed by atoms with Gasteiger partial charge < -0.3 is 14.8 Å². The summed E-state index contributed by atoms with van der Waals surface area (Å²) in [5, 5.41) is 19.8. The highest BCUT2D eigenvalue weighted by atomic mass is 35.5. The summed E-state index contributed by atoms with van der Waals surface area (Å²) in [5.74, 6) is 0.793. The number of ether oxygens (including phenoxy) is 1. The zero-order valence-electron chi connectivity index (χ0n) is 13.6. The number of rotatable bonds is 3. The zero-order chi connectivity index (χ0) is 17.6. The standard InChI is InChI=1S/C20H16BClO3/c1-25-15-6-2-12(3-7-15)20-18-10-13(21(23)24)4-8-16(18)17-9-5-14(22)11-19(17)20/h2-11,20,23-24H,1H3. The molecular weight excluding hydrogens is 334 g/mol. The number of hydrogen-bond donors (Lipinski definition) is 2. The Labute approximate surface area is 151 Å². The van der Waals surface area contributed by atoms with Gasteiger partial charge in [0.25, 0.3) is 0 Å². The van der Waals surface area contributed by atoms with E-state index < -0.39 is 7.12 Å². The van der Waals surface area contributed by atoms with Crippen LogP contribution in [0.1, 0.15) is 22.6 Å². The lowest BCUT2D eigenvalue weighted by atomic mass is 9.77. The highest BCUT2D eigenvalue weighted by Crippen LogP contribution is 2.48. The fraction of sp³-hybridized carbons (Fsp3) is 0.100. The molecule has 0 aromatic heterocycles. The molecule has 25 heavy (non-hydrogen) atoms. The molecule has 0 saturated carbocycles. The van der Waals surface area contributed by atoms with Gasteiger partial charge in [0.05, 0.1) is 7.11 Å². The van der Waals surface area contributed by atoms with Crippen LogP contribution in [0.2, 0.25) is 5.02 Å². The van der Waals surface area contributed by atoms with E-state index >= 15 is 0 Å². The van der Waals surface area contributed by atoms with Crippen molar-refractivity contribution in [2.24, 2.45) is 0 Å². The summed E-state index contributed by atoms with van der Waals surface area (Å²) < 4.78 is 5.25. The smallest absolute Gasteiger partial charge is 0.488 e. The molecule has 3 aromatic carbocycles. The van der Waals surface area contributed by atoms with Gasteiger partial charge in [0, 0.05) is 10.9 Å². The average molecular weight is 351 g/mol. The van der Waals surface area contributed by atoms with Gasteiger partial charge in [0.2, 0.25) is 0 Å². The summed E-state index contributed by atoms with van der Waals surface area (Å²) in [4.78, 5) is 0. The van der Waals surface area contributed by atoms with Gasteiger partial charge in [-0.25, -0.2) is 0 Å². The van der Waals surface area contributed by atoms with E-state index in [0.717, 1.165) is 33.6 Å². The van der Waals surface area contributed by atoms with Crippen molar-refractivity contribution in [1.82, 2.24) is 0 Å². The maximum atomic E-state index is 9.56. The van der Waals surface area contributed by atoms with Crippen molar-refractivity contribution in [3.63, 3.8) is 0 Å². The first-order chi connectivity index (χ1) is 12.1. The molecule has 3 aromatic rings. The van der Waals surface area contributed by atoms with Crippen LogP contribution in [0.5, 0.6) is 5.75 Å². The van der Waals surface area contributed by atoms with Crippen molar-refractivity contribution < 1.29 is 14.8 Å². The largest absolute Gasteiger partial charge is 0.497 e. The molecule has 0 amide bonds. The molecule has 1 aliphatic rings. The predicted molar refractivity (Wildman–Crippen MR) is 101 cm³/mol. The fourth-order valence-electron chi connectivity index (χ4n) is 3.57. The van der Waals surface area contributed by atoms with Crippen molar-refractivity contribution in [3.8, 4) is 16.9 Å². The Morgan fingerprint density at radius 3 is 2.16 bits per heavy atom. The molecule has 0 saturated heterocycles. The zero-order valence-corrected chi connectivity index (χ0v) is 14.4. The lowest BCUT2D eigenvalue weighted by Crippen LogP contribution is -2.30. The Morgan fingerprint density at radius 2 is 1.52 bits per heavy atom. The first-order valence-corrected chi connectivity index (χ1v) is 8.40. The van der Waals surface area contributed by atoms with Gasteiger partial charge in [-0.3, -0.25) is 0 Å². The first-order valence-electron chi connectivity index (χ1n) is 8.02. The maximum Gasteiger partial charge on any atom is 0.488 e. The predicted octanol–water partition coefficient (Wildman–Crippen LogP) is 3.19. The van der Waals surface area contributed by atoms with Crippen LogP contribution < -0.4 is 10.2 Å². The van der Waals surface area contributed by atoms with Gasteiger partial charge >= 0.3 is 7.12 Å². The van der Waals surface area contributed by atoms with Crippen molar-refractivity contribution in [2.45, 2.75) is 5.92 Å². The Morgan fingerprint density at radius 1 is 0.880 bits per heavy atom. The third-order valence-electron chi connectivity index (χ3n) is 4.75. The lowest BCUT2D eigenvalue weighted by Gasteiger charge is -2.16. The van der Waals surface area contributed by atoms with Gasteiger partial charge in [-0.2, -0.15) is 0 Å². The quantitative estimate of drug-likeness (QED) is 0.558. The van der Waals surface area contributed by atoms with Crippen LogP contribution >= 0.6 is 11.6 Å². The molecule has 0 heterocycles. The van der Waals surface area contributed by atoms with E-state index in [4.69, 9.17) is 16.3 Å². The monoisotopic (exact) mass is 350 g/mol. The minimum atomic E-state index is -1.49. The molecule has 1 atom stereocenters. The molecule has 1 aliphatic carbocycles. The van der Waals surface area contributed by atoms with Crippen LogP contribution in [0.4, 0.5) is 0 Å². The molecule has 4 rings (SSSR count). The van der Waals surface area contributed by atoms with Crippen molar-refractivity contribution in [2.75, 3.05) is 7.11 Å². The highest BCUT2D eigenvalue weighted by Gasteiger charge is 2.31. The van der Waals surface area contributed by atoms with Crippen LogP contribution in [-0.2, 0) is 0 Å². The molecule has 3 nitrogen and oxygen atoms in total. The summed E-state index contributed by atoms with van der Waals surface area (Å²) in [6, 6.07) is 19.4. The number of hydrogen-bond acceptors (Lipinski definition) is 3. The maximum absolute atomic E-state index is 9.56. The molecule has 5 heteroatoms. The topological polar surface area (TPSA) is 49.7 Å². The third kappa shape index (κ3) is 2.73. The number of benzene rings is 3. The Bertz CT molecular complexity index is 938. The van der Waals surface area contributed by atoms with Crippen LogP contribution in [0.15, 0.2) is 60.7 Å². The fourth-order valence-corrected chi connectivity index (χ4v) is 3.75. The van der Waals surface area contributed by atoms with Crippen LogP contribution in [0, 0.1) is 0 Å². The van der Waals surface area contributed by atoms with E-state index in [1.807, 2.05) is 54.6 Å². The number of halogens is 1. The van der Waals surface area contributed by atoms with Gasteiger partial charge in [-0.1, -0.05) is 48.0 Å². The molecule has 0 bridgehead atoms. The summed E-state index contributed by atoms with van der Waals surface area (Å²) in [6.07, 6.45) is 0. The molecular formula is C20H16BClO3. The lowest BCUT2D eigenvalue weighted by molar-refractivity contribution is 0.414. The normalized spacial score (nSPS) is 14.8. The van der Waals surface area contributed by atoms with Crippen molar-refractivity contribution >= 4 is 24.2 Å². The second-order valence-electron chi connectivity index (χ2n) is 6.16. The van der Waals surface area contributed by atoms with E-state index in [1.165, 1.54) is 0 Å². The Balaban J connectivity index is 1.93. The van der Waals surface area contributed by atoms with Gasteiger partial charge in [0.15, 0.2) is 0 Å². The molecule has 0 spiro atoms. The molecule has 0 radical (unpaired) electrons. The van der Waals surface area contributed by atoms with Crippen LogP contribution in [0.25, 0.3) is 11.1 Å². The second kappa shape index (κ2) is 6.23. The minimum Gasteiger partial charge on any atom is -0.497 e. The third-order valence-corrected chi connectivity index (χ3v) is 4.98. The average Bonchev–Trinajstić information content (AvgIpc) is 2.94. The van der Waals surface area contributed by atoms with E-state index in [1.54, 1.807) is 13.2 Å². The Kier molecular flexibility index (Phi) is 4.04. The summed E-state index contributed by atoms with van der Waals surface area (Å²) >= 11 is 6.25. The van der Waals surface area contributed by atoms with E-state index in [2.05, 4.69) is 0 Å². The summed E-state index contributed by atoms with van der Waals surface area (Å²) in [6.45, 7) is 0. The number of methoxy groups -OCH3 is 1. The molecule has 1 unspecified atom stereocenters.